The summed E-state index contributed by atoms with van der Waals surface area (Å²) in [4.78, 5) is 36.7. The number of aromatic nitrogens is 2. The van der Waals surface area contributed by atoms with Crippen LogP contribution in [0.2, 0.25) is 0 Å². The quantitative estimate of drug-likeness (QED) is 0.516. The second kappa shape index (κ2) is 6.47. The molecule has 0 atom stereocenters. The molecule has 3 rings (SSSR count). The Morgan fingerprint density at radius 3 is 2.28 bits per heavy atom. The monoisotopic (exact) mass is 338 g/mol. The molecule has 0 amide bonds. The number of hydrogen-bond donors (Lipinski definition) is 1. The molecule has 0 aliphatic heterocycles. The van der Waals surface area contributed by atoms with Crippen molar-refractivity contribution in [1.29, 1.82) is 0 Å². The molecular weight excluding hydrogens is 320 g/mol. The van der Waals surface area contributed by atoms with Gasteiger partial charge in [-0.05, 0) is 24.5 Å². The predicted molar refractivity (Wildman–Crippen MR) is 93.1 cm³/mol. The highest BCUT2D eigenvalue weighted by Gasteiger charge is 2.29. The third kappa shape index (κ3) is 2.91. The Morgan fingerprint density at radius 2 is 1.68 bits per heavy atom. The molecule has 1 saturated carbocycles. The van der Waals surface area contributed by atoms with E-state index < -0.39 is 5.76 Å². The van der Waals surface area contributed by atoms with Gasteiger partial charge in [0.1, 0.15) is 11.3 Å². The molecule has 2 aromatic rings. The highest BCUT2D eigenvalue weighted by Crippen LogP contribution is 2.28. The van der Waals surface area contributed by atoms with Crippen LogP contribution in [0, 0.1) is 6.92 Å². The summed E-state index contributed by atoms with van der Waals surface area (Å²) in [5, 5.41) is 14.7. The number of Topliss-reactive ketones (excluding diaryl/α,β-unsaturated/α-hetero) is 2. The van der Waals surface area contributed by atoms with E-state index in [9.17, 15) is 19.5 Å². The molecule has 1 heterocycles. The van der Waals surface area contributed by atoms with Gasteiger partial charge in [0, 0.05) is 19.9 Å². The molecule has 0 radical (unpaired) electrons. The number of allylic oxidation sites excluding steroid dienone is 1. The van der Waals surface area contributed by atoms with Gasteiger partial charge in [-0.15, -0.1) is 0 Å². The first-order valence-electron chi connectivity index (χ1n) is 8.05. The lowest BCUT2D eigenvalue weighted by atomic mass is 9.89. The van der Waals surface area contributed by atoms with Crippen LogP contribution in [-0.4, -0.2) is 26.5 Å². The minimum atomic E-state index is -0.444. The van der Waals surface area contributed by atoms with Gasteiger partial charge in [-0.1, -0.05) is 30.3 Å². The molecule has 0 bridgehead atoms. The molecular formula is C19H18N2O4. The average molecular weight is 338 g/mol. The molecule has 6 heteroatoms. The van der Waals surface area contributed by atoms with Crippen molar-refractivity contribution >= 4 is 17.3 Å². The second-order valence-corrected chi connectivity index (χ2v) is 6.07. The maximum Gasteiger partial charge on any atom is 0.274 e. The van der Waals surface area contributed by atoms with Crippen molar-refractivity contribution in [2.45, 2.75) is 26.2 Å². The Bertz CT molecular complexity index is 937. The van der Waals surface area contributed by atoms with Gasteiger partial charge < -0.3 is 5.11 Å². The third-order valence-electron chi connectivity index (χ3n) is 4.38. The van der Waals surface area contributed by atoms with Crippen molar-refractivity contribution in [3.8, 4) is 11.1 Å². The van der Waals surface area contributed by atoms with Gasteiger partial charge in [0.15, 0.2) is 17.3 Å². The Labute approximate surface area is 144 Å². The van der Waals surface area contributed by atoms with Crippen LogP contribution < -0.4 is 5.56 Å². The van der Waals surface area contributed by atoms with Gasteiger partial charge in [-0.25, -0.2) is 4.68 Å². The van der Waals surface area contributed by atoms with Crippen molar-refractivity contribution < 1.29 is 14.7 Å². The van der Waals surface area contributed by atoms with Gasteiger partial charge in [0.2, 0.25) is 0 Å². The zero-order valence-corrected chi connectivity index (χ0v) is 14.1. The maximum absolute atomic E-state index is 12.5. The zero-order valence-electron chi connectivity index (χ0n) is 14.1. The number of carbonyl (C=O) groups excluding carboxylic acids is 2. The van der Waals surface area contributed by atoms with E-state index in [0.29, 0.717) is 23.1 Å². The van der Waals surface area contributed by atoms with Crippen LogP contribution in [0.15, 0.2) is 40.7 Å². The van der Waals surface area contributed by atoms with E-state index in [4.69, 9.17) is 0 Å². The number of rotatable bonds is 2. The molecule has 6 nitrogen and oxygen atoms in total. The molecule has 0 spiro atoms. The number of aliphatic hydroxyl groups is 1. The molecule has 1 aliphatic carbocycles. The molecule has 128 valence electrons. The highest BCUT2D eigenvalue weighted by atomic mass is 16.3. The molecule has 1 aromatic carbocycles. The number of carbonyl (C=O) groups is 2. The van der Waals surface area contributed by atoms with Gasteiger partial charge in [0.05, 0.1) is 5.56 Å². The third-order valence-corrected chi connectivity index (χ3v) is 4.38. The Kier molecular flexibility index (Phi) is 4.35. The average Bonchev–Trinajstić information content (AvgIpc) is 2.59. The first kappa shape index (κ1) is 16.8. The molecule has 1 fully saturated rings. The van der Waals surface area contributed by atoms with Crippen LogP contribution in [0.4, 0.5) is 0 Å². The summed E-state index contributed by atoms with van der Waals surface area (Å²) in [5.74, 6) is -1.21. The second-order valence-electron chi connectivity index (χ2n) is 6.07. The number of ketones is 2. The molecule has 1 aliphatic rings. The van der Waals surface area contributed by atoms with Gasteiger partial charge in [-0.3, -0.25) is 14.4 Å². The van der Waals surface area contributed by atoms with E-state index >= 15 is 0 Å². The minimum absolute atomic E-state index is 0.0829. The van der Waals surface area contributed by atoms with E-state index in [2.05, 4.69) is 5.10 Å². The molecule has 1 N–H and O–H groups in total. The van der Waals surface area contributed by atoms with Crippen molar-refractivity contribution in [2.75, 3.05) is 0 Å². The van der Waals surface area contributed by atoms with Crippen molar-refractivity contribution in [1.82, 2.24) is 9.78 Å². The van der Waals surface area contributed by atoms with Crippen LogP contribution in [0.3, 0.4) is 0 Å². The minimum Gasteiger partial charge on any atom is -0.505 e. The van der Waals surface area contributed by atoms with Crippen LogP contribution in [0.1, 0.15) is 30.5 Å². The summed E-state index contributed by atoms with van der Waals surface area (Å²) in [6.45, 7) is 1.65. The SMILES string of the molecule is Cc1c(C(O)=C2C(=O)CCCC2=O)nn(C)c(=O)c1-c1ccccc1. The topological polar surface area (TPSA) is 89.3 Å². The fourth-order valence-corrected chi connectivity index (χ4v) is 3.08. The van der Waals surface area contributed by atoms with Gasteiger partial charge >= 0.3 is 0 Å². The lowest BCUT2D eigenvalue weighted by Crippen LogP contribution is -2.26. The Morgan fingerprint density at radius 1 is 1.08 bits per heavy atom. The first-order valence-corrected chi connectivity index (χ1v) is 8.05. The number of aryl methyl sites for hydroxylation is 1. The van der Waals surface area contributed by atoms with Crippen LogP contribution in [0.5, 0.6) is 0 Å². The predicted octanol–water partition coefficient (Wildman–Crippen LogP) is 2.35. The van der Waals surface area contributed by atoms with Crippen LogP contribution in [0.25, 0.3) is 16.9 Å². The summed E-state index contributed by atoms with van der Waals surface area (Å²) in [6, 6.07) is 9.02. The fraction of sp³-hybridized carbons (Fsp3) is 0.263. The van der Waals surface area contributed by atoms with Gasteiger partial charge in [-0.2, -0.15) is 5.10 Å². The van der Waals surface area contributed by atoms with Crippen molar-refractivity contribution in [3.63, 3.8) is 0 Å². The summed E-state index contributed by atoms with van der Waals surface area (Å²) in [6.07, 6.45) is 0.937. The zero-order chi connectivity index (χ0) is 18.1. The standard InChI is InChI=1S/C19H18N2O4/c1-11-15(12-7-4-3-5-8-12)19(25)21(2)20-17(11)18(24)16-13(22)9-6-10-14(16)23/h3-5,7-8,24H,6,9-10H2,1-2H3. The lowest BCUT2D eigenvalue weighted by molar-refractivity contribution is -0.123. The summed E-state index contributed by atoms with van der Waals surface area (Å²) in [7, 11) is 1.47. The van der Waals surface area contributed by atoms with Gasteiger partial charge in [0.25, 0.3) is 5.56 Å². The summed E-state index contributed by atoms with van der Waals surface area (Å²) >= 11 is 0. The van der Waals surface area contributed by atoms with E-state index in [1.807, 2.05) is 6.07 Å². The number of hydrogen-bond acceptors (Lipinski definition) is 5. The first-order chi connectivity index (χ1) is 11.9. The molecule has 1 aromatic heterocycles. The molecule has 0 unspecified atom stereocenters. The van der Waals surface area contributed by atoms with E-state index in [1.165, 1.54) is 7.05 Å². The molecule has 0 saturated heterocycles. The Hall–Kier alpha value is -3.02. The largest absolute Gasteiger partial charge is 0.505 e. The summed E-state index contributed by atoms with van der Waals surface area (Å²) in [5.41, 5.74) is 1.07. The fourth-order valence-electron chi connectivity index (χ4n) is 3.08. The molecule has 25 heavy (non-hydrogen) atoms. The number of aliphatic hydroxyl groups excluding tert-OH is 1. The summed E-state index contributed by atoms with van der Waals surface area (Å²) < 4.78 is 1.11. The normalized spacial score (nSPS) is 14.7. The highest BCUT2D eigenvalue weighted by molar-refractivity contribution is 6.25. The number of nitrogens with zero attached hydrogens (tertiary/aromatic N) is 2. The van der Waals surface area contributed by atoms with Crippen LogP contribution in [-0.2, 0) is 16.6 Å². The van der Waals surface area contributed by atoms with E-state index in [-0.39, 0.29) is 41.2 Å². The number of benzene rings is 1. The smallest absolute Gasteiger partial charge is 0.274 e. The maximum atomic E-state index is 12.5. The van der Waals surface area contributed by atoms with E-state index in [0.717, 1.165) is 4.68 Å². The lowest BCUT2D eigenvalue weighted by Gasteiger charge is -2.16. The van der Waals surface area contributed by atoms with Crippen molar-refractivity contribution in [3.05, 3.63) is 57.5 Å². The Balaban J connectivity index is 2.28. The van der Waals surface area contributed by atoms with Crippen molar-refractivity contribution in [2.24, 2.45) is 7.05 Å². The van der Waals surface area contributed by atoms with Crippen LogP contribution >= 0.6 is 0 Å². The van der Waals surface area contributed by atoms with E-state index in [1.54, 1.807) is 31.2 Å².